The Morgan fingerprint density at radius 3 is 2.65 bits per heavy atom. The van der Waals surface area contributed by atoms with Crippen LogP contribution in [0.1, 0.15) is 18.9 Å². The molecule has 0 spiro atoms. The zero-order chi connectivity index (χ0) is 15.3. The first-order valence-electron chi connectivity index (χ1n) is 6.17. The second-order valence-electron chi connectivity index (χ2n) is 4.32. The van der Waals surface area contributed by atoms with Crippen LogP contribution in [0.3, 0.4) is 0 Å². The lowest BCUT2D eigenvalue weighted by Gasteiger charge is -2.17. The molecule has 112 valence electrons. The molecule has 0 saturated heterocycles. The van der Waals surface area contributed by atoms with Crippen LogP contribution in [0.2, 0.25) is 0 Å². The average molecular weight is 303 g/mol. The van der Waals surface area contributed by atoms with E-state index in [1.807, 2.05) is 0 Å². The summed E-state index contributed by atoms with van der Waals surface area (Å²) in [6.45, 7) is 3.52. The smallest absolute Gasteiger partial charge is 0.307 e. The highest BCUT2D eigenvalue weighted by Gasteiger charge is 2.25. The molecule has 20 heavy (non-hydrogen) atoms. The quantitative estimate of drug-likeness (QED) is 0.751. The molecule has 0 aliphatic heterocycles. The van der Waals surface area contributed by atoms with Gasteiger partial charge in [-0.3, -0.25) is 4.79 Å². The molecule has 0 N–H and O–H groups in total. The Kier molecular flexibility index (Phi) is 5.64. The van der Waals surface area contributed by atoms with E-state index in [9.17, 15) is 17.6 Å². The maximum Gasteiger partial charge on any atom is 0.307 e. The molecule has 1 rings (SSSR count). The number of benzene rings is 1. The normalized spacial score (nSPS) is 11.7. The molecule has 0 saturated carbocycles. The molecule has 0 aromatic heterocycles. The molecule has 0 heterocycles. The average Bonchev–Trinajstić information content (AvgIpc) is 2.38. The number of ether oxygens (including phenoxy) is 1. The molecule has 7 heteroatoms. The molecule has 1 aromatic carbocycles. The van der Waals surface area contributed by atoms with Gasteiger partial charge < -0.3 is 4.74 Å². The summed E-state index contributed by atoms with van der Waals surface area (Å²) in [5, 5.41) is 0. The van der Waals surface area contributed by atoms with Crippen molar-refractivity contribution in [1.29, 1.82) is 0 Å². The summed E-state index contributed by atoms with van der Waals surface area (Å²) < 4.78 is 43.7. The summed E-state index contributed by atoms with van der Waals surface area (Å²) in [7, 11) is -2.65. The number of hydrogen-bond donors (Lipinski definition) is 0. The summed E-state index contributed by atoms with van der Waals surface area (Å²) in [6, 6.07) is 3.87. The van der Waals surface area contributed by atoms with Gasteiger partial charge in [0.25, 0.3) is 0 Å². The van der Waals surface area contributed by atoms with Crippen LogP contribution in [0.5, 0.6) is 0 Å². The summed E-state index contributed by atoms with van der Waals surface area (Å²) in [4.78, 5) is 10.8. The van der Waals surface area contributed by atoms with Crippen molar-refractivity contribution < 1.29 is 22.3 Å². The van der Waals surface area contributed by atoms with Crippen LogP contribution in [-0.2, 0) is 19.6 Å². The van der Waals surface area contributed by atoms with Crippen molar-refractivity contribution in [2.24, 2.45) is 0 Å². The topological polar surface area (TPSA) is 63.7 Å². The predicted octanol–water partition coefficient (Wildman–Crippen LogP) is 1.71. The monoisotopic (exact) mass is 303 g/mol. The van der Waals surface area contributed by atoms with Gasteiger partial charge in [0.05, 0.1) is 13.0 Å². The van der Waals surface area contributed by atoms with E-state index in [0.717, 1.165) is 10.4 Å². The van der Waals surface area contributed by atoms with E-state index < -0.39 is 21.8 Å². The highest BCUT2D eigenvalue weighted by Crippen LogP contribution is 2.19. The fourth-order valence-corrected chi connectivity index (χ4v) is 2.89. The van der Waals surface area contributed by atoms with E-state index >= 15 is 0 Å². The highest BCUT2D eigenvalue weighted by atomic mass is 32.2. The van der Waals surface area contributed by atoms with Gasteiger partial charge in [0.15, 0.2) is 0 Å². The number of carbonyl (C=O) groups is 1. The van der Waals surface area contributed by atoms with Crippen molar-refractivity contribution >= 4 is 16.0 Å². The first-order chi connectivity index (χ1) is 9.28. The first-order valence-corrected chi connectivity index (χ1v) is 7.61. The van der Waals surface area contributed by atoms with Gasteiger partial charge in [-0.05, 0) is 31.5 Å². The Balaban J connectivity index is 2.87. The number of sulfonamides is 1. The Bertz CT molecular complexity index is 586. The maximum absolute atomic E-state index is 13.6. The second kappa shape index (κ2) is 6.81. The van der Waals surface area contributed by atoms with E-state index in [1.165, 1.54) is 19.2 Å². The van der Waals surface area contributed by atoms with Crippen LogP contribution in [-0.4, -0.2) is 38.9 Å². The fourth-order valence-electron chi connectivity index (χ4n) is 1.58. The van der Waals surface area contributed by atoms with E-state index in [-0.39, 0.29) is 24.5 Å². The maximum atomic E-state index is 13.6. The standard InChI is InChI=1S/C13H18FNO4S/c1-4-19-13(16)7-8-15(3)20(17,18)12-9-10(2)5-6-11(12)14/h5-6,9H,4,7-8H2,1-3H3. The number of esters is 1. The molecular weight excluding hydrogens is 285 g/mol. The van der Waals surface area contributed by atoms with Crippen molar-refractivity contribution in [3.05, 3.63) is 29.6 Å². The third-order valence-corrected chi connectivity index (χ3v) is 4.58. The number of aryl methyl sites for hydroxylation is 1. The molecule has 0 atom stereocenters. The fraction of sp³-hybridized carbons (Fsp3) is 0.462. The van der Waals surface area contributed by atoms with Crippen LogP contribution < -0.4 is 0 Å². The molecule has 0 bridgehead atoms. The number of hydrogen-bond acceptors (Lipinski definition) is 4. The van der Waals surface area contributed by atoms with Gasteiger partial charge in [-0.15, -0.1) is 0 Å². The van der Waals surface area contributed by atoms with E-state index in [4.69, 9.17) is 4.74 Å². The van der Waals surface area contributed by atoms with Crippen LogP contribution in [0.15, 0.2) is 23.1 Å². The second-order valence-corrected chi connectivity index (χ2v) is 6.33. The summed E-state index contributed by atoms with van der Waals surface area (Å²) in [6.07, 6.45) is -0.0724. The summed E-state index contributed by atoms with van der Waals surface area (Å²) in [5.41, 5.74) is 0.642. The molecule has 0 fully saturated rings. The Morgan fingerprint density at radius 1 is 1.40 bits per heavy atom. The zero-order valence-electron chi connectivity index (χ0n) is 11.7. The van der Waals surface area contributed by atoms with E-state index in [2.05, 4.69) is 0 Å². The van der Waals surface area contributed by atoms with Crippen molar-refractivity contribution in [3.63, 3.8) is 0 Å². The Hall–Kier alpha value is -1.47. The van der Waals surface area contributed by atoms with Gasteiger partial charge in [-0.1, -0.05) is 6.07 Å². The Morgan fingerprint density at radius 2 is 2.05 bits per heavy atom. The lowest BCUT2D eigenvalue weighted by Crippen LogP contribution is -2.30. The van der Waals surface area contributed by atoms with Crippen molar-refractivity contribution in [1.82, 2.24) is 4.31 Å². The number of carbonyl (C=O) groups excluding carboxylic acids is 1. The van der Waals surface area contributed by atoms with Gasteiger partial charge in [0.2, 0.25) is 10.0 Å². The third kappa shape index (κ3) is 4.01. The number of rotatable bonds is 6. The van der Waals surface area contributed by atoms with Crippen molar-refractivity contribution in [2.45, 2.75) is 25.2 Å². The summed E-state index contributed by atoms with van der Waals surface area (Å²) >= 11 is 0. The minimum Gasteiger partial charge on any atom is -0.466 e. The number of nitrogens with zero attached hydrogens (tertiary/aromatic N) is 1. The van der Waals surface area contributed by atoms with Gasteiger partial charge in [0.1, 0.15) is 10.7 Å². The third-order valence-electron chi connectivity index (χ3n) is 2.71. The minimum absolute atomic E-state index is 0.0610. The van der Waals surface area contributed by atoms with Crippen molar-refractivity contribution in [2.75, 3.05) is 20.2 Å². The molecule has 0 unspecified atom stereocenters. The lowest BCUT2D eigenvalue weighted by atomic mass is 10.2. The molecule has 0 amide bonds. The van der Waals surface area contributed by atoms with E-state index in [1.54, 1.807) is 13.8 Å². The molecular formula is C13H18FNO4S. The van der Waals surface area contributed by atoms with Crippen LogP contribution in [0, 0.1) is 12.7 Å². The molecule has 1 aromatic rings. The minimum atomic E-state index is -3.95. The molecule has 0 aliphatic carbocycles. The molecule has 5 nitrogen and oxygen atoms in total. The predicted molar refractivity (Wildman–Crippen MR) is 72.2 cm³/mol. The lowest BCUT2D eigenvalue weighted by molar-refractivity contribution is -0.143. The highest BCUT2D eigenvalue weighted by molar-refractivity contribution is 7.89. The Labute approximate surface area is 118 Å². The number of halogens is 1. The van der Waals surface area contributed by atoms with Gasteiger partial charge in [-0.2, -0.15) is 0 Å². The van der Waals surface area contributed by atoms with Crippen LogP contribution >= 0.6 is 0 Å². The van der Waals surface area contributed by atoms with E-state index in [0.29, 0.717) is 5.56 Å². The van der Waals surface area contributed by atoms with Crippen molar-refractivity contribution in [3.8, 4) is 0 Å². The molecule has 0 radical (unpaired) electrons. The van der Waals surface area contributed by atoms with Crippen LogP contribution in [0.25, 0.3) is 0 Å². The largest absolute Gasteiger partial charge is 0.466 e. The zero-order valence-corrected chi connectivity index (χ0v) is 12.5. The van der Waals surface area contributed by atoms with Crippen LogP contribution in [0.4, 0.5) is 4.39 Å². The SMILES string of the molecule is CCOC(=O)CCN(C)S(=O)(=O)c1cc(C)ccc1F. The van der Waals surface area contributed by atoms with Gasteiger partial charge >= 0.3 is 5.97 Å². The summed E-state index contributed by atoms with van der Waals surface area (Å²) in [5.74, 6) is -1.29. The van der Waals surface area contributed by atoms with Gasteiger partial charge in [-0.25, -0.2) is 17.1 Å². The van der Waals surface area contributed by atoms with Gasteiger partial charge in [0, 0.05) is 13.6 Å². The first kappa shape index (κ1) is 16.6. The molecule has 0 aliphatic rings.